The number of benzene rings is 1. The van der Waals surface area contributed by atoms with E-state index in [2.05, 4.69) is 60.6 Å². The van der Waals surface area contributed by atoms with Gasteiger partial charge in [0.1, 0.15) is 0 Å². The maximum atomic E-state index is 4.70. The first kappa shape index (κ1) is 12.6. The Balaban J connectivity index is 1.64. The predicted molar refractivity (Wildman–Crippen MR) is 85.6 cm³/mol. The molecule has 2 nitrogen and oxygen atoms in total. The number of rotatable bonds is 2. The molecule has 1 saturated heterocycles. The number of piperidine rings is 1. The molecule has 0 saturated carbocycles. The van der Waals surface area contributed by atoms with Crippen molar-refractivity contribution in [1.82, 2.24) is 9.88 Å². The first-order valence-corrected chi connectivity index (χ1v) is 7.76. The van der Waals surface area contributed by atoms with Gasteiger partial charge in [-0.05, 0) is 36.8 Å². The summed E-state index contributed by atoms with van der Waals surface area (Å²) in [6.07, 6.45) is 8.28. The second-order valence-electron chi connectivity index (χ2n) is 6.13. The Bertz CT molecular complexity index is 658. The minimum atomic E-state index is 0.510. The second-order valence-corrected chi connectivity index (χ2v) is 6.13. The molecule has 3 aliphatic rings. The SMILES string of the molecule is CN1C2=CCC(CC2)C1c1ccc(-c2ccccc2)nc1. The number of allylic oxidation sites excluding steroid dienone is 2. The van der Waals surface area contributed by atoms with Crippen molar-refractivity contribution in [2.45, 2.75) is 25.3 Å². The highest BCUT2D eigenvalue weighted by Gasteiger charge is 2.35. The molecule has 2 heteroatoms. The summed E-state index contributed by atoms with van der Waals surface area (Å²) in [6.45, 7) is 0. The first-order valence-electron chi connectivity index (χ1n) is 7.76. The third-order valence-electron chi connectivity index (χ3n) is 4.94. The Kier molecular flexibility index (Phi) is 3.03. The van der Waals surface area contributed by atoms with Crippen LogP contribution in [0.25, 0.3) is 11.3 Å². The highest BCUT2D eigenvalue weighted by atomic mass is 15.2. The van der Waals surface area contributed by atoms with Crippen molar-refractivity contribution in [3.05, 3.63) is 66.0 Å². The normalized spacial score (nSPS) is 24.0. The topological polar surface area (TPSA) is 16.1 Å². The van der Waals surface area contributed by atoms with Crippen LogP contribution in [-0.2, 0) is 0 Å². The van der Waals surface area contributed by atoms with Gasteiger partial charge in [0.15, 0.2) is 0 Å². The van der Waals surface area contributed by atoms with E-state index in [9.17, 15) is 0 Å². The molecule has 2 atom stereocenters. The third-order valence-corrected chi connectivity index (χ3v) is 4.94. The van der Waals surface area contributed by atoms with Gasteiger partial charge in [-0.1, -0.05) is 42.5 Å². The standard InChI is InChI=1S/C19H20N2/c1-21-17-10-7-15(8-11-17)19(21)16-9-12-18(20-13-16)14-5-3-2-4-6-14/h2-6,9-10,12-13,15,19H,7-8,11H2,1H3. The molecule has 2 bridgehead atoms. The second kappa shape index (κ2) is 5.03. The Hall–Kier alpha value is -2.09. The predicted octanol–water partition coefficient (Wildman–Crippen LogP) is 4.42. The van der Waals surface area contributed by atoms with E-state index in [1.807, 2.05) is 6.07 Å². The Morgan fingerprint density at radius 3 is 2.57 bits per heavy atom. The van der Waals surface area contributed by atoms with E-state index in [0.29, 0.717) is 6.04 Å². The van der Waals surface area contributed by atoms with Crippen LogP contribution in [0.1, 0.15) is 30.9 Å². The minimum absolute atomic E-state index is 0.510. The van der Waals surface area contributed by atoms with Gasteiger partial charge in [0.05, 0.1) is 11.7 Å². The van der Waals surface area contributed by atoms with Crippen molar-refractivity contribution in [2.24, 2.45) is 5.92 Å². The Labute approximate surface area is 126 Å². The Morgan fingerprint density at radius 1 is 1.10 bits per heavy atom. The number of nitrogens with zero attached hydrogens (tertiary/aromatic N) is 2. The lowest BCUT2D eigenvalue weighted by Gasteiger charge is -2.46. The molecular formula is C19H20N2. The van der Waals surface area contributed by atoms with E-state index in [-0.39, 0.29) is 0 Å². The molecule has 2 unspecified atom stereocenters. The van der Waals surface area contributed by atoms with Crippen LogP contribution in [0, 0.1) is 5.92 Å². The fourth-order valence-corrected chi connectivity index (χ4v) is 3.80. The van der Waals surface area contributed by atoms with Crippen molar-refractivity contribution < 1.29 is 0 Å². The molecule has 2 aromatic rings. The summed E-state index contributed by atoms with van der Waals surface area (Å²) in [6, 6.07) is 15.3. The summed E-state index contributed by atoms with van der Waals surface area (Å²) in [5, 5.41) is 0. The van der Waals surface area contributed by atoms with Crippen molar-refractivity contribution in [3.63, 3.8) is 0 Å². The summed E-state index contributed by atoms with van der Waals surface area (Å²) < 4.78 is 0. The lowest BCUT2D eigenvalue weighted by Crippen LogP contribution is -2.37. The number of fused-ring (bicyclic) bond motifs is 3. The molecule has 5 rings (SSSR count). The molecular weight excluding hydrogens is 256 g/mol. The van der Waals surface area contributed by atoms with E-state index < -0.39 is 0 Å². The Morgan fingerprint density at radius 2 is 1.95 bits per heavy atom. The molecule has 1 fully saturated rings. The zero-order valence-electron chi connectivity index (χ0n) is 12.4. The van der Waals surface area contributed by atoms with Crippen LogP contribution in [0.2, 0.25) is 0 Å². The summed E-state index contributed by atoms with van der Waals surface area (Å²) in [5.41, 5.74) is 5.11. The van der Waals surface area contributed by atoms with E-state index in [1.165, 1.54) is 36.1 Å². The lowest BCUT2D eigenvalue weighted by molar-refractivity contribution is 0.145. The van der Waals surface area contributed by atoms with Gasteiger partial charge in [0, 0.05) is 24.5 Å². The zero-order chi connectivity index (χ0) is 14.2. The third kappa shape index (κ3) is 2.15. The molecule has 0 radical (unpaired) electrons. The van der Waals surface area contributed by atoms with Crippen LogP contribution < -0.4 is 0 Å². The quantitative estimate of drug-likeness (QED) is 0.807. The number of aromatic nitrogens is 1. The van der Waals surface area contributed by atoms with Crippen LogP contribution in [0.3, 0.4) is 0 Å². The van der Waals surface area contributed by atoms with Crippen molar-refractivity contribution >= 4 is 0 Å². The van der Waals surface area contributed by atoms with Gasteiger partial charge >= 0.3 is 0 Å². The van der Waals surface area contributed by atoms with Gasteiger partial charge < -0.3 is 4.90 Å². The van der Waals surface area contributed by atoms with Gasteiger partial charge in [-0.2, -0.15) is 0 Å². The van der Waals surface area contributed by atoms with Gasteiger partial charge in [-0.25, -0.2) is 0 Å². The van der Waals surface area contributed by atoms with Gasteiger partial charge in [0.2, 0.25) is 0 Å². The zero-order valence-corrected chi connectivity index (χ0v) is 12.4. The molecule has 0 amide bonds. The lowest BCUT2D eigenvalue weighted by atomic mass is 9.78. The molecule has 2 aliphatic heterocycles. The molecule has 0 spiro atoms. The molecule has 1 aromatic heterocycles. The molecule has 3 heterocycles. The molecule has 0 N–H and O–H groups in total. The van der Waals surface area contributed by atoms with E-state index in [1.54, 1.807) is 0 Å². The summed E-state index contributed by atoms with van der Waals surface area (Å²) in [5.74, 6) is 0.747. The van der Waals surface area contributed by atoms with Gasteiger partial charge in [-0.15, -0.1) is 0 Å². The summed E-state index contributed by atoms with van der Waals surface area (Å²) in [4.78, 5) is 7.15. The van der Waals surface area contributed by atoms with Crippen LogP contribution in [0.15, 0.2) is 60.4 Å². The monoisotopic (exact) mass is 276 g/mol. The van der Waals surface area contributed by atoms with E-state index in [4.69, 9.17) is 4.98 Å². The van der Waals surface area contributed by atoms with E-state index in [0.717, 1.165) is 11.6 Å². The smallest absolute Gasteiger partial charge is 0.0702 e. The highest BCUT2D eigenvalue weighted by molar-refractivity contribution is 5.58. The number of hydrogen-bond donors (Lipinski definition) is 0. The summed E-state index contributed by atoms with van der Waals surface area (Å²) in [7, 11) is 2.23. The minimum Gasteiger partial charge on any atom is -0.371 e. The van der Waals surface area contributed by atoms with Crippen LogP contribution >= 0.6 is 0 Å². The molecule has 1 aromatic carbocycles. The van der Waals surface area contributed by atoms with Crippen LogP contribution in [-0.4, -0.2) is 16.9 Å². The fraction of sp³-hybridized carbons (Fsp3) is 0.316. The highest BCUT2D eigenvalue weighted by Crippen LogP contribution is 2.45. The number of pyridine rings is 1. The van der Waals surface area contributed by atoms with Gasteiger partial charge in [-0.3, -0.25) is 4.98 Å². The first-order chi connectivity index (χ1) is 10.3. The maximum absolute atomic E-state index is 4.70. The average Bonchev–Trinajstić information content (AvgIpc) is 2.57. The van der Waals surface area contributed by atoms with E-state index >= 15 is 0 Å². The molecule has 106 valence electrons. The van der Waals surface area contributed by atoms with Crippen molar-refractivity contribution in [2.75, 3.05) is 7.05 Å². The summed E-state index contributed by atoms with van der Waals surface area (Å²) >= 11 is 0. The molecule has 21 heavy (non-hydrogen) atoms. The van der Waals surface area contributed by atoms with Crippen LogP contribution in [0.5, 0.6) is 0 Å². The largest absolute Gasteiger partial charge is 0.371 e. The van der Waals surface area contributed by atoms with Crippen molar-refractivity contribution in [1.29, 1.82) is 0 Å². The van der Waals surface area contributed by atoms with Crippen molar-refractivity contribution in [3.8, 4) is 11.3 Å². The fourth-order valence-electron chi connectivity index (χ4n) is 3.80. The average molecular weight is 276 g/mol. The van der Waals surface area contributed by atoms with Gasteiger partial charge in [0.25, 0.3) is 0 Å². The maximum Gasteiger partial charge on any atom is 0.0702 e. The van der Waals surface area contributed by atoms with Crippen LogP contribution in [0.4, 0.5) is 0 Å². The number of hydrogen-bond acceptors (Lipinski definition) is 2. The molecule has 1 aliphatic carbocycles.